The molecular formula is C19H13F3N2O3S. The lowest BCUT2D eigenvalue weighted by Crippen LogP contribution is -2.25. The van der Waals surface area contributed by atoms with Crippen LogP contribution in [0.15, 0.2) is 46.9 Å². The Morgan fingerprint density at radius 2 is 1.79 bits per heavy atom. The van der Waals surface area contributed by atoms with Crippen molar-refractivity contribution in [3.63, 3.8) is 0 Å². The molecule has 9 heteroatoms. The van der Waals surface area contributed by atoms with E-state index in [4.69, 9.17) is 4.42 Å². The van der Waals surface area contributed by atoms with Crippen LogP contribution in [0, 0.1) is 0 Å². The molecule has 144 valence electrons. The number of nitrogens with zero attached hydrogens (tertiary/aromatic N) is 1. The summed E-state index contributed by atoms with van der Waals surface area (Å²) in [7, 11) is 0. The first-order valence-electron chi connectivity index (χ1n) is 8.34. The number of oxazole rings is 1. The van der Waals surface area contributed by atoms with E-state index >= 15 is 0 Å². The predicted molar refractivity (Wildman–Crippen MR) is 96.9 cm³/mol. The van der Waals surface area contributed by atoms with Crippen LogP contribution in [-0.2, 0) is 23.8 Å². The summed E-state index contributed by atoms with van der Waals surface area (Å²) in [5.74, 6) is 0.0771. The minimum Gasteiger partial charge on any atom is -0.440 e. The van der Waals surface area contributed by atoms with E-state index < -0.39 is 17.0 Å². The molecule has 2 amide bonds. The van der Waals surface area contributed by atoms with Crippen LogP contribution >= 0.6 is 11.8 Å². The number of amides is 2. The third kappa shape index (κ3) is 3.89. The van der Waals surface area contributed by atoms with Gasteiger partial charge in [0.2, 0.25) is 5.91 Å². The number of aromatic nitrogens is 1. The average Bonchev–Trinajstić information content (AvgIpc) is 3.16. The predicted octanol–water partition coefficient (Wildman–Crippen LogP) is 4.33. The van der Waals surface area contributed by atoms with Gasteiger partial charge in [-0.25, -0.2) is 4.98 Å². The lowest BCUT2D eigenvalue weighted by Gasteiger charge is -2.06. The molecule has 0 aliphatic carbocycles. The normalized spacial score (nSPS) is 17.3. The summed E-state index contributed by atoms with van der Waals surface area (Å²) in [6, 6.07) is 10.2. The van der Waals surface area contributed by atoms with Crippen molar-refractivity contribution < 1.29 is 27.2 Å². The molecule has 2 heterocycles. The van der Waals surface area contributed by atoms with Crippen LogP contribution in [0.4, 0.5) is 18.0 Å². The first-order chi connectivity index (χ1) is 13.3. The van der Waals surface area contributed by atoms with E-state index in [1.165, 1.54) is 12.1 Å². The summed E-state index contributed by atoms with van der Waals surface area (Å²) in [5.41, 5.74) is 1.92. The van der Waals surface area contributed by atoms with Crippen LogP contribution in [-0.4, -0.2) is 21.4 Å². The van der Waals surface area contributed by atoms with Gasteiger partial charge in [0.05, 0.1) is 10.8 Å². The second-order valence-corrected chi connectivity index (χ2v) is 7.54. The molecule has 1 aliphatic rings. The molecule has 1 fully saturated rings. The van der Waals surface area contributed by atoms with E-state index in [-0.39, 0.29) is 17.6 Å². The second kappa shape index (κ2) is 6.97. The van der Waals surface area contributed by atoms with E-state index in [1.54, 1.807) is 18.2 Å². The van der Waals surface area contributed by atoms with Gasteiger partial charge in [-0.1, -0.05) is 30.0 Å². The molecule has 1 aromatic heterocycles. The molecule has 3 aromatic rings. The van der Waals surface area contributed by atoms with Crippen LogP contribution in [0.2, 0.25) is 0 Å². The van der Waals surface area contributed by atoms with Gasteiger partial charge in [-0.3, -0.25) is 14.9 Å². The number of rotatable bonds is 4. The van der Waals surface area contributed by atoms with Gasteiger partial charge in [0.15, 0.2) is 11.5 Å². The maximum atomic E-state index is 12.6. The van der Waals surface area contributed by atoms with Crippen molar-refractivity contribution in [3.05, 3.63) is 65.0 Å². The lowest BCUT2D eigenvalue weighted by atomic mass is 10.1. The van der Waals surface area contributed by atoms with Gasteiger partial charge < -0.3 is 4.42 Å². The highest BCUT2D eigenvalue weighted by Crippen LogP contribution is 2.30. The molecule has 2 aromatic carbocycles. The molecule has 1 N–H and O–H groups in total. The Labute approximate surface area is 161 Å². The molecule has 0 spiro atoms. The lowest BCUT2D eigenvalue weighted by molar-refractivity contribution is -0.137. The third-order valence-corrected chi connectivity index (χ3v) is 5.30. The Hall–Kier alpha value is -2.81. The summed E-state index contributed by atoms with van der Waals surface area (Å²) in [4.78, 5) is 27.3. The number of nitrogens with one attached hydrogen (secondary N) is 1. The zero-order chi connectivity index (χ0) is 19.9. The molecule has 0 radical (unpaired) electrons. The number of carbonyl (C=O) groups excluding carboxylic acids is 2. The maximum Gasteiger partial charge on any atom is 0.416 e. The smallest absolute Gasteiger partial charge is 0.416 e. The molecule has 0 bridgehead atoms. The quantitative estimate of drug-likeness (QED) is 0.698. The van der Waals surface area contributed by atoms with Gasteiger partial charge in [-0.2, -0.15) is 13.2 Å². The molecule has 1 saturated heterocycles. The molecule has 0 saturated carbocycles. The number of imide groups is 1. The number of hydrogen-bond donors (Lipinski definition) is 1. The summed E-state index contributed by atoms with van der Waals surface area (Å²) in [6.07, 6.45) is -3.72. The molecule has 4 rings (SSSR count). The molecule has 1 atom stereocenters. The topological polar surface area (TPSA) is 72.2 Å². The van der Waals surface area contributed by atoms with Crippen LogP contribution in [0.5, 0.6) is 0 Å². The number of benzene rings is 2. The fourth-order valence-electron chi connectivity index (χ4n) is 2.95. The Kier molecular flexibility index (Phi) is 4.62. The first-order valence-corrected chi connectivity index (χ1v) is 9.22. The summed E-state index contributed by atoms with van der Waals surface area (Å²) in [5, 5.41) is 1.43. The molecular weight excluding hydrogens is 393 g/mol. The van der Waals surface area contributed by atoms with Crippen molar-refractivity contribution in [2.45, 2.75) is 24.3 Å². The Morgan fingerprint density at radius 1 is 1.07 bits per heavy atom. The zero-order valence-electron chi connectivity index (χ0n) is 14.2. The standard InChI is InChI=1S/C19H13F3N2O3S/c20-19(21,22)12-4-1-10(2-5-12)9-16-23-13-7-11(3-6-14(13)27-16)8-15-17(25)24-18(26)28-15/h1-7,15H,8-9H2,(H,24,25,26). The molecule has 1 unspecified atom stereocenters. The van der Waals surface area contributed by atoms with Crippen LogP contribution < -0.4 is 5.32 Å². The van der Waals surface area contributed by atoms with Crippen LogP contribution in [0.25, 0.3) is 11.1 Å². The van der Waals surface area contributed by atoms with Crippen molar-refractivity contribution in [1.82, 2.24) is 10.3 Å². The van der Waals surface area contributed by atoms with Gasteiger partial charge in [0.25, 0.3) is 5.24 Å². The van der Waals surface area contributed by atoms with Gasteiger partial charge >= 0.3 is 6.18 Å². The number of thioether (sulfide) groups is 1. The van der Waals surface area contributed by atoms with E-state index in [2.05, 4.69) is 10.3 Å². The minimum absolute atomic E-state index is 0.261. The van der Waals surface area contributed by atoms with E-state index in [0.717, 1.165) is 29.5 Å². The number of alkyl halides is 3. The van der Waals surface area contributed by atoms with Crippen LogP contribution in [0.3, 0.4) is 0 Å². The van der Waals surface area contributed by atoms with Crippen molar-refractivity contribution in [2.75, 3.05) is 0 Å². The number of halogens is 3. The highest BCUT2D eigenvalue weighted by atomic mass is 32.2. The number of fused-ring (bicyclic) bond motifs is 1. The van der Waals surface area contributed by atoms with Crippen molar-refractivity contribution in [2.24, 2.45) is 0 Å². The first kappa shape index (κ1) is 18.5. The van der Waals surface area contributed by atoms with Crippen molar-refractivity contribution >= 4 is 34.0 Å². The van der Waals surface area contributed by atoms with E-state index in [9.17, 15) is 22.8 Å². The highest BCUT2D eigenvalue weighted by Gasteiger charge is 2.32. The molecule has 28 heavy (non-hydrogen) atoms. The SMILES string of the molecule is O=C1NC(=O)C(Cc2ccc3oc(Cc4ccc(C(F)(F)F)cc4)nc3c2)S1. The van der Waals surface area contributed by atoms with Crippen molar-refractivity contribution in [1.29, 1.82) is 0 Å². The fourth-order valence-corrected chi connectivity index (χ4v) is 3.81. The summed E-state index contributed by atoms with van der Waals surface area (Å²) < 4.78 is 43.6. The van der Waals surface area contributed by atoms with Crippen molar-refractivity contribution in [3.8, 4) is 0 Å². The minimum atomic E-state index is -4.37. The second-order valence-electron chi connectivity index (χ2n) is 6.37. The number of hydrogen-bond acceptors (Lipinski definition) is 5. The monoisotopic (exact) mass is 406 g/mol. The van der Waals surface area contributed by atoms with Gasteiger partial charge in [0.1, 0.15) is 5.52 Å². The molecule has 5 nitrogen and oxygen atoms in total. The van der Waals surface area contributed by atoms with Gasteiger partial charge in [0, 0.05) is 6.42 Å². The molecule has 1 aliphatic heterocycles. The largest absolute Gasteiger partial charge is 0.440 e. The number of carbonyl (C=O) groups is 2. The Balaban J connectivity index is 1.50. The maximum absolute atomic E-state index is 12.6. The summed E-state index contributed by atoms with van der Waals surface area (Å²) in [6.45, 7) is 0. The Morgan fingerprint density at radius 3 is 2.43 bits per heavy atom. The highest BCUT2D eigenvalue weighted by molar-refractivity contribution is 8.15. The van der Waals surface area contributed by atoms with E-state index in [0.29, 0.717) is 29.0 Å². The Bertz CT molecular complexity index is 1060. The zero-order valence-corrected chi connectivity index (χ0v) is 15.1. The average molecular weight is 406 g/mol. The van der Waals surface area contributed by atoms with E-state index in [1.807, 2.05) is 0 Å². The fraction of sp³-hybridized carbons (Fsp3) is 0.211. The third-order valence-electron chi connectivity index (χ3n) is 4.32. The van der Waals surface area contributed by atoms with Gasteiger partial charge in [-0.05, 0) is 41.8 Å². The van der Waals surface area contributed by atoms with Crippen LogP contribution in [0.1, 0.15) is 22.6 Å². The summed E-state index contributed by atoms with van der Waals surface area (Å²) >= 11 is 0.960. The van der Waals surface area contributed by atoms with Gasteiger partial charge in [-0.15, -0.1) is 0 Å².